The van der Waals surface area contributed by atoms with Gasteiger partial charge in [-0.3, -0.25) is 4.79 Å². The average Bonchev–Trinajstić information content (AvgIpc) is 2.43. The molecule has 2 rings (SSSR count). The first-order chi connectivity index (χ1) is 9.21. The van der Waals surface area contributed by atoms with Gasteiger partial charge in [0.05, 0.1) is 11.6 Å². The van der Waals surface area contributed by atoms with Crippen molar-refractivity contribution in [2.45, 2.75) is 39.8 Å². The topological polar surface area (TPSA) is 78.9 Å². The van der Waals surface area contributed by atoms with Crippen molar-refractivity contribution in [3.05, 3.63) is 35.4 Å². The summed E-state index contributed by atoms with van der Waals surface area (Å²) in [5, 5.41) is 12.0. The number of rotatable bonds is 2. The van der Waals surface area contributed by atoms with Crippen molar-refractivity contribution >= 4 is 5.91 Å². The largest absolute Gasteiger partial charge is 0.348 e. The van der Waals surface area contributed by atoms with Crippen molar-refractivity contribution in [1.82, 2.24) is 5.32 Å². The van der Waals surface area contributed by atoms with Crippen molar-refractivity contribution < 1.29 is 4.79 Å². The third kappa shape index (κ3) is 2.08. The van der Waals surface area contributed by atoms with Gasteiger partial charge >= 0.3 is 0 Å². The maximum absolute atomic E-state index is 12.3. The van der Waals surface area contributed by atoms with E-state index in [1.54, 1.807) is 24.3 Å². The number of nitrogens with two attached hydrogens (primary N) is 1. The van der Waals surface area contributed by atoms with Gasteiger partial charge in [-0.15, -0.1) is 0 Å². The van der Waals surface area contributed by atoms with Gasteiger partial charge in [-0.25, -0.2) is 0 Å². The molecule has 106 valence electrons. The van der Waals surface area contributed by atoms with Gasteiger partial charge in [0.25, 0.3) is 5.91 Å². The van der Waals surface area contributed by atoms with E-state index in [1.165, 1.54) is 0 Å². The van der Waals surface area contributed by atoms with Crippen LogP contribution in [0.3, 0.4) is 0 Å². The van der Waals surface area contributed by atoms with Crippen LogP contribution in [0.5, 0.6) is 0 Å². The molecular weight excluding hydrogens is 250 g/mol. The first-order valence-corrected chi connectivity index (χ1v) is 6.78. The Morgan fingerprint density at radius 1 is 1.30 bits per heavy atom. The maximum atomic E-state index is 12.3. The van der Waals surface area contributed by atoms with Crippen LogP contribution in [0.2, 0.25) is 0 Å². The van der Waals surface area contributed by atoms with Crippen molar-refractivity contribution in [2.75, 3.05) is 0 Å². The number of benzene rings is 1. The van der Waals surface area contributed by atoms with Crippen molar-refractivity contribution in [3.8, 4) is 6.07 Å². The molecule has 1 saturated carbocycles. The Hall–Kier alpha value is -1.86. The Bertz CT molecular complexity index is 568. The highest BCUT2D eigenvalue weighted by atomic mass is 16.1. The molecule has 1 aliphatic rings. The molecule has 0 radical (unpaired) electrons. The lowest BCUT2D eigenvalue weighted by molar-refractivity contribution is -0.0663. The van der Waals surface area contributed by atoms with Crippen LogP contribution in [0.1, 0.15) is 43.6 Å². The number of carbonyl (C=O) groups is 1. The fourth-order valence-electron chi connectivity index (χ4n) is 3.50. The first kappa shape index (κ1) is 14.5. The molecule has 0 unspecified atom stereocenters. The van der Waals surface area contributed by atoms with E-state index in [9.17, 15) is 4.79 Å². The molecular formula is C16H21N3O. The number of carbonyl (C=O) groups excluding carboxylic acids is 1. The lowest BCUT2D eigenvalue weighted by Crippen LogP contribution is -2.76. The molecule has 4 heteroatoms. The van der Waals surface area contributed by atoms with Crippen molar-refractivity contribution in [1.29, 1.82) is 5.26 Å². The normalized spacial score (nSPS) is 26.2. The van der Waals surface area contributed by atoms with Crippen LogP contribution in [-0.2, 0) is 0 Å². The first-order valence-electron chi connectivity index (χ1n) is 6.78. The molecule has 1 amide bonds. The van der Waals surface area contributed by atoms with Gasteiger partial charge in [0.2, 0.25) is 0 Å². The van der Waals surface area contributed by atoms with E-state index in [1.807, 2.05) is 6.07 Å². The van der Waals surface area contributed by atoms with E-state index in [4.69, 9.17) is 11.0 Å². The molecule has 0 saturated heterocycles. The average molecular weight is 271 g/mol. The smallest absolute Gasteiger partial charge is 0.251 e. The Morgan fingerprint density at radius 2 is 1.90 bits per heavy atom. The van der Waals surface area contributed by atoms with E-state index in [-0.39, 0.29) is 28.8 Å². The maximum Gasteiger partial charge on any atom is 0.251 e. The van der Waals surface area contributed by atoms with Crippen LogP contribution in [0, 0.1) is 22.2 Å². The minimum atomic E-state index is -0.153. The second-order valence-electron chi connectivity index (χ2n) is 6.72. The van der Waals surface area contributed by atoms with Gasteiger partial charge < -0.3 is 11.1 Å². The number of nitriles is 1. The molecule has 0 spiro atoms. The summed E-state index contributed by atoms with van der Waals surface area (Å²) in [5.41, 5.74) is 6.92. The van der Waals surface area contributed by atoms with Crippen LogP contribution in [0.15, 0.2) is 24.3 Å². The van der Waals surface area contributed by atoms with E-state index in [0.717, 1.165) is 0 Å². The Balaban J connectivity index is 2.18. The molecule has 1 fully saturated rings. The summed E-state index contributed by atoms with van der Waals surface area (Å²) in [6.45, 7) is 8.28. The van der Waals surface area contributed by atoms with Crippen LogP contribution >= 0.6 is 0 Å². The zero-order valence-electron chi connectivity index (χ0n) is 12.4. The molecule has 1 aliphatic carbocycles. The van der Waals surface area contributed by atoms with Crippen LogP contribution in [0.4, 0.5) is 0 Å². The van der Waals surface area contributed by atoms with Crippen molar-refractivity contribution in [3.63, 3.8) is 0 Å². The highest BCUT2D eigenvalue weighted by Crippen LogP contribution is 2.52. The van der Waals surface area contributed by atoms with Crippen LogP contribution in [0.25, 0.3) is 0 Å². The van der Waals surface area contributed by atoms with E-state index >= 15 is 0 Å². The highest BCUT2D eigenvalue weighted by molar-refractivity contribution is 5.95. The fraction of sp³-hybridized carbons (Fsp3) is 0.500. The zero-order chi connectivity index (χ0) is 15.1. The summed E-state index contributed by atoms with van der Waals surface area (Å²) in [7, 11) is 0. The second kappa shape index (κ2) is 4.60. The number of amides is 1. The van der Waals surface area contributed by atoms with Gasteiger partial charge in [0, 0.05) is 28.5 Å². The Morgan fingerprint density at radius 3 is 2.45 bits per heavy atom. The summed E-state index contributed by atoms with van der Waals surface area (Å²) in [4.78, 5) is 12.3. The SMILES string of the molecule is CC1(C)C(N)C(C)(C)C1NC(=O)c1cccc(C#N)c1. The highest BCUT2D eigenvalue weighted by Gasteiger charge is 2.60. The minimum absolute atomic E-state index is 0.0169. The monoisotopic (exact) mass is 271 g/mol. The van der Waals surface area contributed by atoms with Crippen LogP contribution in [-0.4, -0.2) is 18.0 Å². The van der Waals surface area contributed by atoms with Gasteiger partial charge in [0.1, 0.15) is 0 Å². The van der Waals surface area contributed by atoms with Crippen LogP contribution < -0.4 is 11.1 Å². The van der Waals surface area contributed by atoms with E-state index in [0.29, 0.717) is 11.1 Å². The summed E-state index contributed by atoms with van der Waals surface area (Å²) >= 11 is 0. The molecule has 0 atom stereocenters. The lowest BCUT2D eigenvalue weighted by Gasteiger charge is -2.62. The third-order valence-corrected chi connectivity index (χ3v) is 4.62. The molecule has 20 heavy (non-hydrogen) atoms. The lowest BCUT2D eigenvalue weighted by atomic mass is 9.48. The van der Waals surface area contributed by atoms with E-state index in [2.05, 4.69) is 33.0 Å². The Labute approximate surface area is 120 Å². The minimum Gasteiger partial charge on any atom is -0.348 e. The molecule has 1 aromatic carbocycles. The predicted molar refractivity (Wildman–Crippen MR) is 77.9 cm³/mol. The van der Waals surface area contributed by atoms with Crippen molar-refractivity contribution in [2.24, 2.45) is 16.6 Å². The standard InChI is InChI=1S/C16H21N3O/c1-15(2)13(18)16(3,4)14(15)19-12(20)11-7-5-6-10(8-11)9-17/h5-8,13-14H,18H2,1-4H3,(H,19,20). The fourth-order valence-corrected chi connectivity index (χ4v) is 3.50. The molecule has 3 N–H and O–H groups in total. The summed E-state index contributed by atoms with van der Waals surface area (Å²) in [6.07, 6.45) is 0. The molecule has 4 nitrogen and oxygen atoms in total. The molecule has 1 aromatic rings. The van der Waals surface area contributed by atoms with E-state index < -0.39 is 0 Å². The molecule has 0 heterocycles. The van der Waals surface area contributed by atoms with Gasteiger partial charge in [-0.1, -0.05) is 33.8 Å². The zero-order valence-corrected chi connectivity index (χ0v) is 12.4. The second-order valence-corrected chi connectivity index (χ2v) is 6.72. The van der Waals surface area contributed by atoms with Gasteiger partial charge in [0.15, 0.2) is 0 Å². The quantitative estimate of drug-likeness (QED) is 0.864. The van der Waals surface area contributed by atoms with Gasteiger partial charge in [-0.2, -0.15) is 5.26 Å². The molecule has 0 aliphatic heterocycles. The molecule has 0 bridgehead atoms. The summed E-state index contributed by atoms with van der Waals surface area (Å²) in [6, 6.07) is 8.83. The summed E-state index contributed by atoms with van der Waals surface area (Å²) < 4.78 is 0. The number of nitrogens with one attached hydrogen (secondary N) is 1. The Kier molecular flexibility index (Phi) is 3.35. The predicted octanol–water partition coefficient (Wildman–Crippen LogP) is 2.05. The molecule has 0 aromatic heterocycles. The number of hydrogen-bond donors (Lipinski definition) is 2. The third-order valence-electron chi connectivity index (χ3n) is 4.62. The number of nitrogens with zero attached hydrogens (tertiary/aromatic N) is 1. The van der Waals surface area contributed by atoms with Gasteiger partial charge in [-0.05, 0) is 18.2 Å². The number of hydrogen-bond acceptors (Lipinski definition) is 3. The summed E-state index contributed by atoms with van der Waals surface area (Å²) in [5.74, 6) is -0.153.